The number of thioether (sulfide) groups is 1. The lowest BCUT2D eigenvalue weighted by Crippen LogP contribution is -2.49. The molecule has 0 spiro atoms. The smallest absolute Gasteiger partial charge is 0.344 e. The zero-order valence-corrected chi connectivity index (χ0v) is 14.9. The Kier molecular flexibility index (Phi) is 4.63. The second-order valence-electron chi connectivity index (χ2n) is 5.87. The lowest BCUT2D eigenvalue weighted by Gasteiger charge is -2.19. The Morgan fingerprint density at radius 1 is 1.46 bits per heavy atom. The molecule has 0 bridgehead atoms. The zero-order chi connectivity index (χ0) is 17.3. The van der Waals surface area contributed by atoms with Crippen LogP contribution in [0.25, 0.3) is 0 Å². The van der Waals surface area contributed by atoms with Gasteiger partial charge in [-0.15, -0.1) is 10.2 Å². The third-order valence-corrected chi connectivity index (χ3v) is 5.83. The number of rotatable bonds is 7. The van der Waals surface area contributed by atoms with E-state index in [0.29, 0.717) is 16.8 Å². The molecule has 1 aromatic rings. The molecule has 1 saturated carbocycles. The molecule has 1 aliphatic heterocycles. The van der Waals surface area contributed by atoms with Crippen molar-refractivity contribution >= 4 is 46.1 Å². The van der Waals surface area contributed by atoms with Crippen molar-refractivity contribution in [3.63, 3.8) is 0 Å². The summed E-state index contributed by atoms with van der Waals surface area (Å²) >= 11 is 2.59. The van der Waals surface area contributed by atoms with Crippen molar-refractivity contribution in [3.05, 3.63) is 0 Å². The van der Waals surface area contributed by atoms with Gasteiger partial charge in [-0.2, -0.15) is 5.01 Å². The molecule has 2 heterocycles. The molecule has 0 radical (unpaired) electrons. The number of carbonyl (C=O) groups is 3. The summed E-state index contributed by atoms with van der Waals surface area (Å²) in [4.78, 5) is 36.0. The van der Waals surface area contributed by atoms with Gasteiger partial charge in [0.25, 0.3) is 5.91 Å². The van der Waals surface area contributed by atoms with Crippen molar-refractivity contribution < 1.29 is 14.4 Å². The third-order valence-electron chi connectivity index (χ3n) is 3.84. The van der Waals surface area contributed by atoms with Crippen LogP contribution in [0.2, 0.25) is 0 Å². The van der Waals surface area contributed by atoms with Gasteiger partial charge in [-0.05, 0) is 26.2 Å². The highest BCUT2D eigenvalue weighted by Gasteiger charge is 2.47. The van der Waals surface area contributed by atoms with E-state index in [4.69, 9.17) is 0 Å². The van der Waals surface area contributed by atoms with Gasteiger partial charge in [0, 0.05) is 6.04 Å². The van der Waals surface area contributed by atoms with Crippen molar-refractivity contribution in [1.29, 1.82) is 0 Å². The Balaban J connectivity index is 1.49. The third kappa shape index (κ3) is 3.61. The van der Waals surface area contributed by atoms with Crippen molar-refractivity contribution in [2.45, 2.75) is 49.0 Å². The lowest BCUT2D eigenvalue weighted by molar-refractivity contribution is -0.137. The Morgan fingerprint density at radius 3 is 2.83 bits per heavy atom. The molecule has 3 N–H and O–H groups in total. The van der Waals surface area contributed by atoms with Crippen molar-refractivity contribution in [3.8, 4) is 0 Å². The normalized spacial score (nSPS) is 23.3. The molecule has 2 aliphatic rings. The number of hydrazine groups is 1. The van der Waals surface area contributed by atoms with Crippen molar-refractivity contribution in [2.24, 2.45) is 0 Å². The Labute approximate surface area is 146 Å². The van der Waals surface area contributed by atoms with Crippen LogP contribution in [0.5, 0.6) is 0 Å². The van der Waals surface area contributed by atoms with Gasteiger partial charge < -0.3 is 10.6 Å². The molecule has 2 fully saturated rings. The van der Waals surface area contributed by atoms with Crippen LogP contribution in [0.15, 0.2) is 4.34 Å². The molecule has 1 aromatic heterocycles. The van der Waals surface area contributed by atoms with Gasteiger partial charge in [-0.3, -0.25) is 15.0 Å². The molecule has 0 aromatic carbocycles. The topological polar surface area (TPSA) is 116 Å². The van der Waals surface area contributed by atoms with E-state index in [0.717, 1.165) is 23.0 Å². The Bertz CT molecular complexity index is 676. The molecule has 0 unspecified atom stereocenters. The second-order valence-corrected chi connectivity index (χ2v) is 8.07. The van der Waals surface area contributed by atoms with Gasteiger partial charge in [0.2, 0.25) is 11.0 Å². The fourth-order valence-corrected chi connectivity index (χ4v) is 3.66. The number of nitrogens with one attached hydrogen (secondary N) is 3. The fraction of sp³-hybridized carbons (Fsp3) is 0.615. The van der Waals surface area contributed by atoms with Gasteiger partial charge in [0.05, 0.1) is 5.75 Å². The Hall–Kier alpha value is -1.88. The maximum Gasteiger partial charge on any atom is 0.344 e. The van der Waals surface area contributed by atoms with E-state index >= 15 is 0 Å². The van der Waals surface area contributed by atoms with E-state index in [1.165, 1.54) is 23.1 Å². The van der Waals surface area contributed by atoms with Crippen LogP contribution in [-0.4, -0.2) is 50.4 Å². The maximum absolute atomic E-state index is 12.2. The molecule has 9 nitrogen and oxygen atoms in total. The van der Waals surface area contributed by atoms with Crippen molar-refractivity contribution in [1.82, 2.24) is 25.9 Å². The molecule has 4 amide bonds. The SMILES string of the molecule is CC[C@]1(C)NC(=O)N(NC(=O)CSc2nnc(NC3CC3)s2)C1=O. The predicted molar refractivity (Wildman–Crippen MR) is 89.5 cm³/mol. The molecule has 24 heavy (non-hydrogen) atoms. The number of imide groups is 1. The second kappa shape index (κ2) is 6.55. The van der Waals surface area contributed by atoms with Gasteiger partial charge >= 0.3 is 6.03 Å². The van der Waals surface area contributed by atoms with E-state index in [-0.39, 0.29) is 5.75 Å². The first kappa shape index (κ1) is 17.0. The number of carbonyl (C=O) groups excluding carboxylic acids is 3. The summed E-state index contributed by atoms with van der Waals surface area (Å²) in [6.07, 6.45) is 2.74. The number of hydrogen-bond donors (Lipinski definition) is 3. The zero-order valence-electron chi connectivity index (χ0n) is 13.3. The average molecular weight is 370 g/mol. The number of nitrogens with zero attached hydrogens (tertiary/aromatic N) is 3. The van der Waals surface area contributed by atoms with Crippen LogP contribution >= 0.6 is 23.1 Å². The summed E-state index contributed by atoms with van der Waals surface area (Å²) in [6.45, 7) is 3.42. The number of aromatic nitrogens is 2. The summed E-state index contributed by atoms with van der Waals surface area (Å²) in [5.41, 5.74) is 1.37. The van der Waals surface area contributed by atoms with E-state index in [1.54, 1.807) is 13.8 Å². The summed E-state index contributed by atoms with van der Waals surface area (Å²) in [5, 5.41) is 15.3. The molecule has 130 valence electrons. The summed E-state index contributed by atoms with van der Waals surface area (Å²) < 4.78 is 0.656. The number of amides is 4. The highest BCUT2D eigenvalue weighted by Crippen LogP contribution is 2.30. The highest BCUT2D eigenvalue weighted by molar-refractivity contribution is 8.01. The van der Waals surface area contributed by atoms with Crippen LogP contribution in [0.3, 0.4) is 0 Å². The Morgan fingerprint density at radius 2 is 2.21 bits per heavy atom. The number of hydrogen-bond acceptors (Lipinski definition) is 8. The first-order chi connectivity index (χ1) is 11.4. The molecular formula is C13H18N6O3S2. The van der Waals surface area contributed by atoms with E-state index in [9.17, 15) is 14.4 Å². The molecule has 3 rings (SSSR count). The predicted octanol–water partition coefficient (Wildman–Crippen LogP) is 0.956. The largest absolute Gasteiger partial charge is 0.357 e. The minimum atomic E-state index is -0.972. The van der Waals surface area contributed by atoms with Gasteiger partial charge in [0.1, 0.15) is 5.54 Å². The van der Waals surface area contributed by atoms with Crippen LogP contribution < -0.4 is 16.1 Å². The quantitative estimate of drug-likeness (QED) is 0.483. The minimum absolute atomic E-state index is 0.0396. The first-order valence-electron chi connectivity index (χ1n) is 7.60. The molecule has 11 heteroatoms. The monoisotopic (exact) mass is 370 g/mol. The molecule has 1 aliphatic carbocycles. The maximum atomic E-state index is 12.2. The van der Waals surface area contributed by atoms with Crippen LogP contribution in [-0.2, 0) is 9.59 Å². The summed E-state index contributed by atoms with van der Waals surface area (Å²) in [7, 11) is 0. The average Bonchev–Trinajstić information content (AvgIpc) is 3.20. The van der Waals surface area contributed by atoms with E-state index in [1.807, 2.05) is 0 Å². The lowest BCUT2D eigenvalue weighted by atomic mass is 10.00. The summed E-state index contributed by atoms with van der Waals surface area (Å²) in [6, 6.07) is -0.124. The highest BCUT2D eigenvalue weighted by atomic mass is 32.2. The van der Waals surface area contributed by atoms with Gasteiger partial charge in [0.15, 0.2) is 4.34 Å². The van der Waals surface area contributed by atoms with E-state index < -0.39 is 23.4 Å². The standard InChI is InChI=1S/C13H18N6O3S2/c1-3-13(2)9(21)19(11(22)15-13)18-8(20)6-23-12-17-16-10(24-12)14-7-4-5-7/h7H,3-6H2,1-2H3,(H,14,16)(H,15,22)(H,18,20)/t13-/m0/s1. The number of urea groups is 1. The van der Waals surface area contributed by atoms with Crippen LogP contribution in [0.4, 0.5) is 9.93 Å². The van der Waals surface area contributed by atoms with Gasteiger partial charge in [-0.25, -0.2) is 4.79 Å². The molecule has 1 atom stereocenters. The van der Waals surface area contributed by atoms with Crippen LogP contribution in [0, 0.1) is 0 Å². The number of anilines is 1. The summed E-state index contributed by atoms with van der Waals surface area (Å²) in [5.74, 6) is -0.867. The first-order valence-corrected chi connectivity index (χ1v) is 9.40. The minimum Gasteiger partial charge on any atom is -0.357 e. The van der Waals surface area contributed by atoms with E-state index in [2.05, 4.69) is 26.3 Å². The molecular weight excluding hydrogens is 352 g/mol. The molecule has 1 saturated heterocycles. The van der Waals surface area contributed by atoms with Gasteiger partial charge in [-0.1, -0.05) is 30.0 Å². The van der Waals surface area contributed by atoms with Crippen LogP contribution in [0.1, 0.15) is 33.1 Å². The van der Waals surface area contributed by atoms with Crippen molar-refractivity contribution in [2.75, 3.05) is 11.1 Å². The fourth-order valence-electron chi connectivity index (χ4n) is 2.04.